The van der Waals surface area contributed by atoms with Gasteiger partial charge >= 0.3 is 5.97 Å². The fraction of sp³-hybridized carbons (Fsp3) is 0.333. The Labute approximate surface area is 133 Å². The molecule has 1 aliphatic rings. The van der Waals surface area contributed by atoms with Gasteiger partial charge in [0.2, 0.25) is 0 Å². The topological polar surface area (TPSA) is 80.6 Å². The standard InChI is InChI=1S/C15H17ClN2O4/c1-20-11-4-6-12(7-5-11)22-14(19)13-10(3-2-8-18-13)9-21-15(16)17/h3-7,13,17-18H,2,8-9H2,1H3. The average molecular weight is 325 g/mol. The lowest BCUT2D eigenvalue weighted by Gasteiger charge is -2.24. The molecule has 0 saturated heterocycles. The van der Waals surface area contributed by atoms with E-state index < -0.39 is 17.4 Å². The van der Waals surface area contributed by atoms with Gasteiger partial charge in [-0.25, -0.2) is 4.79 Å². The minimum Gasteiger partial charge on any atom is -0.497 e. The molecule has 1 atom stereocenters. The van der Waals surface area contributed by atoms with Crippen molar-refractivity contribution >= 4 is 22.9 Å². The van der Waals surface area contributed by atoms with Gasteiger partial charge in [-0.1, -0.05) is 6.08 Å². The first-order chi connectivity index (χ1) is 10.6. The van der Waals surface area contributed by atoms with Crippen LogP contribution in [-0.2, 0) is 9.53 Å². The van der Waals surface area contributed by atoms with Gasteiger partial charge < -0.3 is 19.5 Å². The smallest absolute Gasteiger partial charge is 0.332 e. The number of nitrogens with one attached hydrogen (secondary N) is 2. The molecule has 0 fully saturated rings. The molecule has 1 aromatic carbocycles. The molecular weight excluding hydrogens is 308 g/mol. The van der Waals surface area contributed by atoms with E-state index in [1.165, 1.54) is 0 Å². The monoisotopic (exact) mass is 324 g/mol. The van der Waals surface area contributed by atoms with Gasteiger partial charge in [-0.2, -0.15) is 0 Å². The van der Waals surface area contributed by atoms with Crippen LogP contribution in [0.3, 0.4) is 0 Å². The largest absolute Gasteiger partial charge is 0.497 e. The van der Waals surface area contributed by atoms with E-state index in [1.54, 1.807) is 31.4 Å². The van der Waals surface area contributed by atoms with Crippen LogP contribution in [-0.4, -0.2) is 37.6 Å². The molecule has 7 heteroatoms. The number of carbonyl (C=O) groups is 1. The van der Waals surface area contributed by atoms with Crippen LogP contribution in [0.15, 0.2) is 35.9 Å². The summed E-state index contributed by atoms with van der Waals surface area (Å²) in [6, 6.07) is 6.14. The summed E-state index contributed by atoms with van der Waals surface area (Å²) in [5.74, 6) is 0.689. The maximum absolute atomic E-state index is 12.3. The zero-order chi connectivity index (χ0) is 15.9. The summed E-state index contributed by atoms with van der Waals surface area (Å²) in [4.78, 5) is 12.3. The van der Waals surface area contributed by atoms with E-state index in [0.29, 0.717) is 23.6 Å². The van der Waals surface area contributed by atoms with E-state index in [4.69, 9.17) is 31.2 Å². The van der Waals surface area contributed by atoms with Gasteiger partial charge in [0, 0.05) is 0 Å². The Bertz CT molecular complexity index is 571. The molecule has 0 aliphatic carbocycles. The van der Waals surface area contributed by atoms with Crippen molar-refractivity contribution in [1.82, 2.24) is 5.32 Å². The second kappa shape index (κ2) is 7.82. The van der Waals surface area contributed by atoms with Gasteiger partial charge in [-0.15, -0.1) is 0 Å². The predicted molar refractivity (Wildman–Crippen MR) is 82.7 cm³/mol. The summed E-state index contributed by atoms with van der Waals surface area (Å²) in [5, 5.41) is 9.74. The van der Waals surface area contributed by atoms with Crippen LogP contribution in [0.1, 0.15) is 6.42 Å². The van der Waals surface area contributed by atoms with Crippen LogP contribution >= 0.6 is 11.6 Å². The van der Waals surface area contributed by atoms with Crippen molar-refractivity contribution in [3.05, 3.63) is 35.9 Å². The van der Waals surface area contributed by atoms with Crippen LogP contribution < -0.4 is 14.8 Å². The van der Waals surface area contributed by atoms with Crippen LogP contribution in [0.2, 0.25) is 0 Å². The normalized spacial score (nSPS) is 17.4. The molecule has 0 radical (unpaired) electrons. The highest BCUT2D eigenvalue weighted by atomic mass is 35.5. The van der Waals surface area contributed by atoms with Crippen molar-refractivity contribution in [3.8, 4) is 11.5 Å². The molecule has 2 rings (SSSR count). The fourth-order valence-corrected chi connectivity index (χ4v) is 2.13. The Kier molecular flexibility index (Phi) is 5.80. The van der Waals surface area contributed by atoms with Gasteiger partial charge in [0.15, 0.2) is 0 Å². The molecule has 1 aliphatic heterocycles. The van der Waals surface area contributed by atoms with Crippen LogP contribution in [0.25, 0.3) is 0 Å². The SMILES string of the molecule is COc1ccc(OC(=O)C2NCCC=C2COC(=N)Cl)cc1. The van der Waals surface area contributed by atoms with Crippen LogP contribution in [0, 0.1) is 5.41 Å². The maximum Gasteiger partial charge on any atom is 0.332 e. The number of hydrogen-bond donors (Lipinski definition) is 2. The third kappa shape index (κ3) is 4.47. The third-order valence-electron chi connectivity index (χ3n) is 3.15. The van der Waals surface area contributed by atoms with Gasteiger partial charge in [0.1, 0.15) is 24.1 Å². The van der Waals surface area contributed by atoms with Crippen molar-refractivity contribution in [2.45, 2.75) is 12.5 Å². The minimum atomic E-state index is -0.605. The Morgan fingerprint density at radius 1 is 1.36 bits per heavy atom. The molecule has 0 amide bonds. The number of rotatable bonds is 5. The molecule has 6 nitrogen and oxygen atoms in total. The number of halogens is 1. The van der Waals surface area contributed by atoms with Crippen molar-refractivity contribution < 1.29 is 19.0 Å². The first kappa shape index (κ1) is 16.3. The van der Waals surface area contributed by atoms with Crippen molar-refractivity contribution in [2.24, 2.45) is 0 Å². The molecule has 0 bridgehead atoms. The zero-order valence-corrected chi connectivity index (χ0v) is 12.9. The number of ether oxygens (including phenoxy) is 3. The molecule has 1 unspecified atom stereocenters. The van der Waals surface area contributed by atoms with Crippen LogP contribution in [0.5, 0.6) is 11.5 Å². The molecule has 0 aromatic heterocycles. The van der Waals surface area contributed by atoms with E-state index in [-0.39, 0.29) is 6.61 Å². The predicted octanol–water partition coefficient (Wildman–Crippen LogP) is 2.08. The molecule has 0 spiro atoms. The van der Waals surface area contributed by atoms with Gasteiger partial charge in [-0.3, -0.25) is 5.41 Å². The Balaban J connectivity index is 2.01. The average Bonchev–Trinajstić information content (AvgIpc) is 2.54. The van der Waals surface area contributed by atoms with Gasteiger partial charge in [-0.05, 0) is 54.4 Å². The molecule has 118 valence electrons. The van der Waals surface area contributed by atoms with E-state index in [0.717, 1.165) is 6.42 Å². The summed E-state index contributed by atoms with van der Waals surface area (Å²) >= 11 is 5.37. The van der Waals surface area contributed by atoms with Crippen LogP contribution in [0.4, 0.5) is 0 Å². The summed E-state index contributed by atoms with van der Waals surface area (Å²) in [6.45, 7) is 0.752. The molecule has 1 aromatic rings. The molecule has 1 heterocycles. The van der Waals surface area contributed by atoms with E-state index >= 15 is 0 Å². The lowest BCUT2D eigenvalue weighted by Crippen LogP contribution is -2.44. The molecule has 2 N–H and O–H groups in total. The number of hydrogen-bond acceptors (Lipinski definition) is 6. The molecular formula is C15H17ClN2O4. The summed E-state index contributed by atoms with van der Waals surface area (Å²) in [6.07, 6.45) is 2.68. The summed E-state index contributed by atoms with van der Waals surface area (Å²) in [5.41, 5.74) is 0.704. The van der Waals surface area contributed by atoms with Gasteiger partial charge in [0.05, 0.1) is 7.11 Å². The lowest BCUT2D eigenvalue weighted by atomic mass is 10.0. The van der Waals surface area contributed by atoms with Crippen molar-refractivity contribution in [2.75, 3.05) is 20.3 Å². The number of esters is 1. The lowest BCUT2D eigenvalue weighted by molar-refractivity contribution is -0.136. The molecule has 0 saturated carbocycles. The number of methoxy groups -OCH3 is 1. The second-order valence-corrected chi connectivity index (χ2v) is 4.96. The van der Waals surface area contributed by atoms with E-state index in [1.807, 2.05) is 6.08 Å². The highest BCUT2D eigenvalue weighted by Crippen LogP contribution is 2.19. The van der Waals surface area contributed by atoms with Gasteiger partial charge in [0.25, 0.3) is 5.36 Å². The second-order valence-electron chi connectivity index (χ2n) is 4.61. The summed E-state index contributed by atoms with van der Waals surface area (Å²) in [7, 11) is 1.57. The third-order valence-corrected chi connectivity index (χ3v) is 3.26. The Hall–Kier alpha value is -2.05. The Morgan fingerprint density at radius 3 is 2.68 bits per heavy atom. The minimum absolute atomic E-state index is 0.0811. The first-order valence-corrected chi connectivity index (χ1v) is 7.13. The fourth-order valence-electron chi connectivity index (χ4n) is 2.08. The highest BCUT2D eigenvalue weighted by molar-refractivity contribution is 6.61. The van der Waals surface area contributed by atoms with E-state index in [9.17, 15) is 4.79 Å². The maximum atomic E-state index is 12.3. The summed E-state index contributed by atoms with van der Waals surface area (Å²) < 4.78 is 15.4. The number of carbonyl (C=O) groups excluding carboxylic acids is 1. The molecule has 22 heavy (non-hydrogen) atoms. The quantitative estimate of drug-likeness (QED) is 0.285. The van der Waals surface area contributed by atoms with Crippen molar-refractivity contribution in [3.63, 3.8) is 0 Å². The first-order valence-electron chi connectivity index (χ1n) is 6.75. The Morgan fingerprint density at radius 2 is 2.05 bits per heavy atom. The number of benzene rings is 1. The van der Waals surface area contributed by atoms with E-state index in [2.05, 4.69) is 5.32 Å². The van der Waals surface area contributed by atoms with Crippen molar-refractivity contribution in [1.29, 1.82) is 5.41 Å². The highest BCUT2D eigenvalue weighted by Gasteiger charge is 2.27. The zero-order valence-electron chi connectivity index (χ0n) is 12.1.